The van der Waals surface area contributed by atoms with Crippen LogP contribution in [0.3, 0.4) is 0 Å². The third-order valence-electron chi connectivity index (χ3n) is 8.98. The molecule has 48 heavy (non-hydrogen) atoms. The van der Waals surface area contributed by atoms with E-state index in [2.05, 4.69) is 0 Å². The summed E-state index contributed by atoms with van der Waals surface area (Å²) in [5, 5.41) is 95.4. The predicted octanol–water partition coefficient (Wildman–Crippen LogP) is -3.93. The first-order valence-electron chi connectivity index (χ1n) is 15.7. The SMILES string of the molecule is COc1ccc(O[C@@H]2O[C@H](C)[C@H](O)[C@H](O)[C@H]2O[C@@H]2O[C@@H](C)[C@H](O[C@@H]3OC[C@@H](O)[C@H](O[C@@H]4O[C@@H](C)[C@H](O)[C@@H](O)[C@H]4O)[C@H]3O)[C@@H](O)[C@H]2O)cc1. The van der Waals surface area contributed by atoms with Crippen molar-refractivity contribution in [2.75, 3.05) is 13.7 Å². The smallest absolute Gasteiger partial charge is 0.229 e. The van der Waals surface area contributed by atoms with Gasteiger partial charge >= 0.3 is 0 Å². The minimum atomic E-state index is -1.80. The van der Waals surface area contributed by atoms with Crippen molar-refractivity contribution in [2.24, 2.45) is 0 Å². The molecule has 4 aliphatic rings. The fraction of sp³-hybridized carbons (Fsp3) is 0.800. The summed E-state index contributed by atoms with van der Waals surface area (Å²) in [6, 6.07) is 6.46. The highest BCUT2D eigenvalue weighted by molar-refractivity contribution is 5.31. The van der Waals surface area contributed by atoms with Gasteiger partial charge in [0.15, 0.2) is 25.0 Å². The molecule has 274 valence electrons. The maximum Gasteiger partial charge on any atom is 0.229 e. The van der Waals surface area contributed by atoms with E-state index in [1.165, 1.54) is 27.9 Å². The molecule has 0 bridgehead atoms. The summed E-state index contributed by atoms with van der Waals surface area (Å²) in [6.07, 6.45) is -27.4. The molecule has 0 spiro atoms. The highest BCUT2D eigenvalue weighted by Crippen LogP contribution is 2.34. The van der Waals surface area contributed by atoms with Crippen LogP contribution in [0, 0.1) is 0 Å². The molecular weight excluding hydrogens is 648 g/mol. The summed E-state index contributed by atoms with van der Waals surface area (Å²) in [6.45, 7) is 4.03. The fourth-order valence-electron chi connectivity index (χ4n) is 5.99. The summed E-state index contributed by atoms with van der Waals surface area (Å²) in [5.41, 5.74) is 0. The average molecular weight is 695 g/mol. The Morgan fingerprint density at radius 2 is 0.979 bits per heavy atom. The monoisotopic (exact) mass is 694 g/mol. The Kier molecular flexibility index (Phi) is 12.2. The van der Waals surface area contributed by atoms with E-state index in [4.69, 9.17) is 42.6 Å². The molecule has 9 N–H and O–H groups in total. The van der Waals surface area contributed by atoms with E-state index >= 15 is 0 Å². The summed E-state index contributed by atoms with van der Waals surface area (Å²) in [4.78, 5) is 0. The summed E-state index contributed by atoms with van der Waals surface area (Å²) in [7, 11) is 1.50. The van der Waals surface area contributed by atoms with Crippen molar-refractivity contribution in [1.82, 2.24) is 0 Å². The van der Waals surface area contributed by atoms with Gasteiger partial charge in [0.2, 0.25) is 6.29 Å². The van der Waals surface area contributed by atoms with Crippen molar-refractivity contribution in [3.8, 4) is 11.5 Å². The van der Waals surface area contributed by atoms with Gasteiger partial charge in [-0.1, -0.05) is 0 Å². The zero-order chi connectivity index (χ0) is 35.0. The molecule has 0 aliphatic carbocycles. The normalized spacial score (nSPS) is 48.6. The molecule has 1 aromatic rings. The molecule has 4 heterocycles. The van der Waals surface area contributed by atoms with E-state index < -0.39 is 123 Å². The largest absolute Gasteiger partial charge is 0.497 e. The molecule has 1 aromatic carbocycles. The lowest BCUT2D eigenvalue weighted by molar-refractivity contribution is -0.377. The molecule has 4 aliphatic heterocycles. The van der Waals surface area contributed by atoms with E-state index in [-0.39, 0.29) is 0 Å². The van der Waals surface area contributed by atoms with Gasteiger partial charge in [0.1, 0.15) is 78.6 Å². The molecule has 0 radical (unpaired) electrons. The topological polar surface area (TPSA) is 265 Å². The molecule has 0 aromatic heterocycles. The van der Waals surface area contributed by atoms with Gasteiger partial charge in [0.25, 0.3) is 0 Å². The van der Waals surface area contributed by atoms with Crippen LogP contribution in [0.1, 0.15) is 20.8 Å². The number of hydrogen-bond donors (Lipinski definition) is 9. The number of benzene rings is 1. The predicted molar refractivity (Wildman–Crippen MR) is 155 cm³/mol. The van der Waals surface area contributed by atoms with Crippen LogP contribution in [0.2, 0.25) is 0 Å². The zero-order valence-electron chi connectivity index (χ0n) is 26.7. The van der Waals surface area contributed by atoms with Crippen LogP contribution in [0.4, 0.5) is 0 Å². The lowest BCUT2D eigenvalue weighted by Crippen LogP contribution is -2.65. The van der Waals surface area contributed by atoms with Gasteiger partial charge in [0.05, 0.1) is 32.0 Å². The zero-order valence-corrected chi connectivity index (χ0v) is 26.7. The average Bonchev–Trinajstić information content (AvgIpc) is 3.06. The van der Waals surface area contributed by atoms with Crippen LogP contribution in [-0.2, 0) is 33.2 Å². The van der Waals surface area contributed by atoms with Gasteiger partial charge in [0, 0.05) is 0 Å². The van der Waals surface area contributed by atoms with Crippen molar-refractivity contribution < 1.29 is 88.6 Å². The first-order chi connectivity index (χ1) is 22.7. The van der Waals surface area contributed by atoms with Crippen LogP contribution in [0.15, 0.2) is 24.3 Å². The molecule has 4 saturated heterocycles. The molecule has 0 amide bonds. The number of rotatable bonds is 9. The maximum atomic E-state index is 11.1. The Hall–Kier alpha value is -1.82. The van der Waals surface area contributed by atoms with E-state index in [9.17, 15) is 46.0 Å². The quantitative estimate of drug-likeness (QED) is 0.119. The molecule has 5 rings (SSSR count). The van der Waals surface area contributed by atoms with Gasteiger partial charge in [-0.3, -0.25) is 0 Å². The van der Waals surface area contributed by atoms with E-state index in [1.807, 2.05) is 0 Å². The number of ether oxygens (including phenoxy) is 9. The van der Waals surface area contributed by atoms with Gasteiger partial charge in [-0.25, -0.2) is 0 Å². The molecule has 4 fully saturated rings. The van der Waals surface area contributed by atoms with Crippen LogP contribution >= 0.6 is 0 Å². The third-order valence-corrected chi connectivity index (χ3v) is 8.98. The van der Waals surface area contributed by atoms with E-state index in [0.717, 1.165) is 0 Å². The lowest BCUT2D eigenvalue weighted by atomic mass is 9.97. The van der Waals surface area contributed by atoms with Crippen LogP contribution in [0.5, 0.6) is 11.5 Å². The maximum absolute atomic E-state index is 11.1. The Balaban J connectivity index is 1.23. The molecule has 18 nitrogen and oxygen atoms in total. The van der Waals surface area contributed by atoms with Crippen LogP contribution in [0.25, 0.3) is 0 Å². The van der Waals surface area contributed by atoms with Gasteiger partial charge in [-0.05, 0) is 45.0 Å². The number of aliphatic hydroxyl groups excluding tert-OH is 9. The lowest BCUT2D eigenvalue weighted by Gasteiger charge is -2.47. The molecule has 0 saturated carbocycles. The minimum Gasteiger partial charge on any atom is -0.497 e. The summed E-state index contributed by atoms with van der Waals surface area (Å²) < 4.78 is 50.7. The second-order valence-electron chi connectivity index (χ2n) is 12.4. The molecule has 19 atom stereocenters. The van der Waals surface area contributed by atoms with Crippen molar-refractivity contribution in [3.05, 3.63) is 24.3 Å². The molecular formula is C30H46O18. The Morgan fingerprint density at radius 3 is 1.60 bits per heavy atom. The fourth-order valence-corrected chi connectivity index (χ4v) is 5.99. The Bertz CT molecular complexity index is 1160. The van der Waals surface area contributed by atoms with E-state index in [1.54, 1.807) is 24.3 Å². The number of hydrogen-bond acceptors (Lipinski definition) is 18. The highest BCUT2D eigenvalue weighted by Gasteiger charge is 2.53. The summed E-state index contributed by atoms with van der Waals surface area (Å²) in [5.74, 6) is 0.892. The van der Waals surface area contributed by atoms with Crippen LogP contribution < -0.4 is 9.47 Å². The molecule has 0 unspecified atom stereocenters. The highest BCUT2D eigenvalue weighted by atomic mass is 16.8. The van der Waals surface area contributed by atoms with Crippen molar-refractivity contribution in [3.63, 3.8) is 0 Å². The number of methoxy groups -OCH3 is 1. The minimum absolute atomic E-state index is 0.323. The van der Waals surface area contributed by atoms with Crippen molar-refractivity contribution >= 4 is 0 Å². The van der Waals surface area contributed by atoms with Gasteiger partial charge in [-0.2, -0.15) is 0 Å². The van der Waals surface area contributed by atoms with Gasteiger partial charge < -0.3 is 88.6 Å². The van der Waals surface area contributed by atoms with Gasteiger partial charge in [-0.15, -0.1) is 0 Å². The Morgan fingerprint density at radius 1 is 0.500 bits per heavy atom. The number of aliphatic hydroxyl groups is 9. The standard InChI is InChI=1S/C30H46O18/c1-10-16(32)18(34)21(37)28(42-10)47-25-15(31)9-41-27(23(25)39)46-24-12(3)44-29(22(38)20(24)36)48-26-19(35)17(33)11(2)43-30(26)45-14-7-5-13(40-4)6-8-14/h5-8,10-12,15-39H,9H2,1-4H3/t10-,11+,12-,15+,16-,17-,18+,19-,20-,21+,22+,23+,24-,25-,26+,27-,28-,29-,30-/m0/s1. The Labute approximate surface area is 275 Å². The molecule has 18 heteroatoms. The van der Waals surface area contributed by atoms with Crippen molar-refractivity contribution in [1.29, 1.82) is 0 Å². The first kappa shape index (κ1) is 37.4. The third kappa shape index (κ3) is 7.74. The second kappa shape index (κ2) is 15.6. The van der Waals surface area contributed by atoms with Crippen molar-refractivity contribution in [2.45, 2.75) is 137 Å². The second-order valence-corrected chi connectivity index (χ2v) is 12.4. The van der Waals surface area contributed by atoms with E-state index in [0.29, 0.717) is 11.5 Å². The summed E-state index contributed by atoms with van der Waals surface area (Å²) >= 11 is 0. The van der Waals surface area contributed by atoms with Crippen LogP contribution in [-0.4, -0.2) is 176 Å². The first-order valence-corrected chi connectivity index (χ1v) is 15.7.